The Morgan fingerprint density at radius 2 is 1.59 bits per heavy atom. The van der Waals surface area contributed by atoms with Gasteiger partial charge in [-0.25, -0.2) is 0 Å². The fraction of sp³-hybridized carbons (Fsp3) is 0.536. The lowest BCUT2D eigenvalue weighted by molar-refractivity contribution is -0.150. The molecule has 1 aliphatic heterocycles. The molecule has 3 aliphatic rings. The van der Waals surface area contributed by atoms with Gasteiger partial charge in [-0.1, -0.05) is 79.9 Å². The molecule has 170 valence electrons. The van der Waals surface area contributed by atoms with E-state index in [2.05, 4.69) is 47.5 Å². The van der Waals surface area contributed by atoms with Crippen LogP contribution in [-0.4, -0.2) is 35.0 Å². The first kappa shape index (κ1) is 21.7. The molecule has 4 heteroatoms. The Morgan fingerprint density at radius 1 is 1.00 bits per heavy atom. The van der Waals surface area contributed by atoms with E-state index in [4.69, 9.17) is 0 Å². The summed E-state index contributed by atoms with van der Waals surface area (Å²) < 4.78 is 0. The van der Waals surface area contributed by atoms with Crippen molar-refractivity contribution in [2.45, 2.75) is 57.2 Å². The normalized spacial score (nSPS) is 28.5. The van der Waals surface area contributed by atoms with Gasteiger partial charge >= 0.3 is 0 Å². The molecule has 0 bridgehead atoms. The van der Waals surface area contributed by atoms with Crippen LogP contribution >= 0.6 is 0 Å². The number of nitrogens with zero attached hydrogens (tertiary/aromatic N) is 1. The van der Waals surface area contributed by atoms with Crippen molar-refractivity contribution in [3.05, 3.63) is 71.8 Å². The third-order valence-corrected chi connectivity index (χ3v) is 8.28. The van der Waals surface area contributed by atoms with Crippen LogP contribution in [0.5, 0.6) is 0 Å². The van der Waals surface area contributed by atoms with Crippen molar-refractivity contribution in [3.8, 4) is 0 Å². The summed E-state index contributed by atoms with van der Waals surface area (Å²) in [6.45, 7) is 5.36. The number of carbonyl (C=O) groups is 1. The smallest absolute Gasteiger partial charge is 0.257 e. The first-order chi connectivity index (χ1) is 15.6. The van der Waals surface area contributed by atoms with Gasteiger partial charge in [-0.05, 0) is 48.6 Å². The molecule has 2 aromatic carbocycles. The summed E-state index contributed by atoms with van der Waals surface area (Å²) in [6.07, 6.45) is 5.20. The average molecular weight is 433 g/mol. The zero-order valence-electron chi connectivity index (χ0n) is 19.1. The van der Waals surface area contributed by atoms with Crippen LogP contribution in [0.15, 0.2) is 60.7 Å². The van der Waals surface area contributed by atoms with E-state index in [9.17, 15) is 9.90 Å². The van der Waals surface area contributed by atoms with Crippen molar-refractivity contribution in [1.82, 2.24) is 10.2 Å². The van der Waals surface area contributed by atoms with E-state index in [-0.39, 0.29) is 17.9 Å². The standard InChI is InChI=1S/C28H36N2O2/c1-20(26-24-18-30(19-25(24)26)17-21-11-5-2-6-12-21)29-27(31)28(32,22-13-7-3-8-14-22)23-15-9-4-10-16-23/h2-3,5-8,11-14,20,23-26,32H,4,9-10,15-19H2,1H3,(H,29,31). The third kappa shape index (κ3) is 4.11. The molecule has 0 aromatic heterocycles. The van der Waals surface area contributed by atoms with E-state index >= 15 is 0 Å². The average Bonchev–Trinajstić information content (AvgIpc) is 3.35. The van der Waals surface area contributed by atoms with Crippen LogP contribution < -0.4 is 5.32 Å². The molecule has 0 spiro atoms. The Labute approximate surface area is 192 Å². The minimum Gasteiger partial charge on any atom is -0.375 e. The van der Waals surface area contributed by atoms with Gasteiger partial charge in [-0.15, -0.1) is 0 Å². The van der Waals surface area contributed by atoms with E-state index in [1.165, 1.54) is 12.0 Å². The molecule has 4 unspecified atom stereocenters. The number of rotatable bonds is 7. The molecular formula is C28H36N2O2. The molecule has 0 radical (unpaired) electrons. The van der Waals surface area contributed by atoms with E-state index in [0.717, 1.165) is 50.9 Å². The third-order valence-electron chi connectivity index (χ3n) is 8.28. The lowest BCUT2D eigenvalue weighted by Gasteiger charge is -2.38. The second-order valence-electron chi connectivity index (χ2n) is 10.3. The number of hydrogen-bond acceptors (Lipinski definition) is 3. The maximum Gasteiger partial charge on any atom is 0.257 e. The minimum absolute atomic E-state index is 0.00841. The van der Waals surface area contributed by atoms with Crippen molar-refractivity contribution in [1.29, 1.82) is 0 Å². The first-order valence-corrected chi connectivity index (χ1v) is 12.4. The number of fused-ring (bicyclic) bond motifs is 1. The zero-order valence-corrected chi connectivity index (χ0v) is 19.1. The summed E-state index contributed by atoms with van der Waals surface area (Å²) >= 11 is 0. The number of nitrogens with one attached hydrogen (secondary N) is 1. The minimum atomic E-state index is -1.43. The van der Waals surface area contributed by atoms with Gasteiger partial charge in [0.25, 0.3) is 5.91 Å². The highest BCUT2D eigenvalue weighted by Gasteiger charge is 2.58. The molecule has 3 fully saturated rings. The van der Waals surface area contributed by atoms with Gasteiger partial charge in [0.1, 0.15) is 0 Å². The van der Waals surface area contributed by atoms with Crippen LogP contribution in [-0.2, 0) is 16.9 Å². The Kier molecular flexibility index (Phi) is 6.09. The van der Waals surface area contributed by atoms with Gasteiger partial charge in [0.2, 0.25) is 0 Å². The van der Waals surface area contributed by atoms with Gasteiger partial charge in [-0.2, -0.15) is 0 Å². The van der Waals surface area contributed by atoms with Gasteiger partial charge in [0.05, 0.1) is 0 Å². The molecule has 5 rings (SSSR count). The molecule has 2 aliphatic carbocycles. The zero-order chi connectivity index (χ0) is 22.1. The Balaban J connectivity index is 1.22. The molecule has 1 heterocycles. The second-order valence-corrected chi connectivity index (χ2v) is 10.3. The SMILES string of the molecule is CC(NC(=O)C(O)(c1ccccc1)C1CCCCC1)C1C2CN(Cc3ccccc3)CC21. The molecule has 4 nitrogen and oxygen atoms in total. The van der Waals surface area contributed by atoms with Gasteiger partial charge < -0.3 is 10.4 Å². The predicted octanol–water partition coefficient (Wildman–Crippen LogP) is 4.34. The molecule has 2 N–H and O–H groups in total. The highest BCUT2D eigenvalue weighted by atomic mass is 16.3. The number of hydrogen-bond donors (Lipinski definition) is 2. The number of aliphatic hydroxyl groups is 1. The fourth-order valence-electron chi connectivity index (χ4n) is 6.55. The molecule has 32 heavy (non-hydrogen) atoms. The molecular weight excluding hydrogens is 396 g/mol. The van der Waals surface area contributed by atoms with E-state index in [1.54, 1.807) is 0 Å². The second kappa shape index (κ2) is 8.99. The van der Waals surface area contributed by atoms with Crippen molar-refractivity contribution < 1.29 is 9.90 Å². The van der Waals surface area contributed by atoms with Crippen molar-refractivity contribution in [3.63, 3.8) is 0 Å². The summed E-state index contributed by atoms with van der Waals surface area (Å²) in [4.78, 5) is 16.1. The topological polar surface area (TPSA) is 52.6 Å². The summed E-state index contributed by atoms with van der Waals surface area (Å²) in [5.74, 6) is 1.64. The highest BCUT2D eigenvalue weighted by Crippen LogP contribution is 2.54. The molecule has 1 amide bonds. The van der Waals surface area contributed by atoms with E-state index in [1.807, 2.05) is 30.3 Å². The van der Waals surface area contributed by atoms with Crippen LogP contribution in [0, 0.1) is 23.7 Å². The Morgan fingerprint density at radius 3 is 2.22 bits per heavy atom. The van der Waals surface area contributed by atoms with Crippen LogP contribution in [0.2, 0.25) is 0 Å². The summed E-state index contributed by atoms with van der Waals surface area (Å²) in [5.41, 5.74) is 0.674. The predicted molar refractivity (Wildman–Crippen MR) is 127 cm³/mol. The molecule has 2 aromatic rings. The number of carbonyl (C=O) groups excluding carboxylic acids is 1. The largest absolute Gasteiger partial charge is 0.375 e. The van der Waals surface area contributed by atoms with Crippen LogP contribution in [0.4, 0.5) is 0 Å². The summed E-state index contributed by atoms with van der Waals surface area (Å²) in [5, 5.41) is 15.1. The van der Waals surface area contributed by atoms with Crippen LogP contribution in [0.25, 0.3) is 0 Å². The molecule has 4 atom stereocenters. The van der Waals surface area contributed by atoms with Crippen molar-refractivity contribution in [2.24, 2.45) is 23.7 Å². The maximum absolute atomic E-state index is 13.6. The number of likely N-dealkylation sites (tertiary alicyclic amines) is 1. The van der Waals surface area contributed by atoms with Crippen molar-refractivity contribution >= 4 is 5.91 Å². The van der Waals surface area contributed by atoms with Crippen LogP contribution in [0.3, 0.4) is 0 Å². The lowest BCUT2D eigenvalue weighted by atomic mass is 9.72. The van der Waals surface area contributed by atoms with E-state index < -0.39 is 5.60 Å². The number of benzene rings is 2. The Hall–Kier alpha value is -2.17. The summed E-state index contributed by atoms with van der Waals surface area (Å²) in [7, 11) is 0. The quantitative estimate of drug-likeness (QED) is 0.684. The molecule has 2 saturated carbocycles. The number of piperidine rings is 1. The van der Waals surface area contributed by atoms with Gasteiger partial charge in [0.15, 0.2) is 5.60 Å². The number of amides is 1. The maximum atomic E-state index is 13.6. The van der Waals surface area contributed by atoms with Gasteiger partial charge in [-0.3, -0.25) is 9.69 Å². The molecule has 1 saturated heterocycles. The monoisotopic (exact) mass is 432 g/mol. The van der Waals surface area contributed by atoms with E-state index in [0.29, 0.717) is 17.8 Å². The van der Waals surface area contributed by atoms with Gasteiger partial charge in [0, 0.05) is 31.6 Å². The summed E-state index contributed by atoms with van der Waals surface area (Å²) in [6, 6.07) is 20.4. The van der Waals surface area contributed by atoms with Crippen molar-refractivity contribution in [2.75, 3.05) is 13.1 Å². The first-order valence-electron chi connectivity index (χ1n) is 12.4. The fourth-order valence-corrected chi connectivity index (χ4v) is 6.55. The highest BCUT2D eigenvalue weighted by molar-refractivity contribution is 5.87. The lowest BCUT2D eigenvalue weighted by Crippen LogP contribution is -2.53. The Bertz CT molecular complexity index is 900. The van der Waals surface area contributed by atoms with Crippen LogP contribution in [0.1, 0.15) is 50.2 Å².